The lowest BCUT2D eigenvalue weighted by Gasteiger charge is -2.33. The predicted molar refractivity (Wildman–Crippen MR) is 99.3 cm³/mol. The van der Waals surface area contributed by atoms with Crippen LogP contribution in [0.25, 0.3) is 0 Å². The molecule has 1 fully saturated rings. The highest BCUT2D eigenvalue weighted by Crippen LogP contribution is 2.25. The first-order chi connectivity index (χ1) is 11.5. The maximum absolute atomic E-state index is 11.8. The SMILES string of the molecule is CN(C)C(=O)C[C@H](O)c1cc2n(n1)CCN(C1CSCCSC1)C2. The lowest BCUT2D eigenvalue weighted by Crippen LogP contribution is -2.43. The second kappa shape index (κ2) is 8.12. The molecule has 0 unspecified atom stereocenters. The van der Waals surface area contributed by atoms with E-state index in [1.807, 2.05) is 10.7 Å². The van der Waals surface area contributed by atoms with Crippen LogP contribution in [-0.4, -0.2) is 80.3 Å². The van der Waals surface area contributed by atoms with Gasteiger partial charge in [0.1, 0.15) is 6.10 Å². The van der Waals surface area contributed by atoms with Crippen molar-refractivity contribution in [3.05, 3.63) is 17.5 Å². The van der Waals surface area contributed by atoms with Gasteiger partial charge in [-0.2, -0.15) is 28.6 Å². The van der Waals surface area contributed by atoms with Gasteiger partial charge < -0.3 is 10.0 Å². The van der Waals surface area contributed by atoms with E-state index >= 15 is 0 Å². The van der Waals surface area contributed by atoms with Gasteiger partial charge in [-0.15, -0.1) is 0 Å². The van der Waals surface area contributed by atoms with Gasteiger partial charge in [0.05, 0.1) is 24.4 Å². The average Bonchev–Trinajstić information content (AvgIpc) is 2.80. The van der Waals surface area contributed by atoms with Crippen molar-refractivity contribution in [2.24, 2.45) is 0 Å². The summed E-state index contributed by atoms with van der Waals surface area (Å²) in [5.74, 6) is 4.83. The van der Waals surface area contributed by atoms with E-state index in [0.29, 0.717) is 11.7 Å². The van der Waals surface area contributed by atoms with E-state index in [9.17, 15) is 9.90 Å². The first-order valence-corrected chi connectivity index (χ1v) is 10.7. The Balaban J connectivity index is 1.64. The Morgan fingerprint density at radius 2 is 2.08 bits per heavy atom. The summed E-state index contributed by atoms with van der Waals surface area (Å²) in [5, 5.41) is 14.8. The Morgan fingerprint density at radius 3 is 2.75 bits per heavy atom. The molecule has 0 spiro atoms. The number of carbonyl (C=O) groups is 1. The van der Waals surface area contributed by atoms with Gasteiger partial charge in [-0.1, -0.05) is 0 Å². The first-order valence-electron chi connectivity index (χ1n) is 8.39. The van der Waals surface area contributed by atoms with Crippen LogP contribution >= 0.6 is 23.5 Å². The molecular weight excluding hydrogens is 344 g/mol. The van der Waals surface area contributed by atoms with Crippen molar-refractivity contribution in [2.75, 3.05) is 43.7 Å². The van der Waals surface area contributed by atoms with E-state index in [4.69, 9.17) is 0 Å². The molecule has 0 saturated carbocycles. The summed E-state index contributed by atoms with van der Waals surface area (Å²) in [4.78, 5) is 15.8. The molecule has 3 heterocycles. The fourth-order valence-corrected chi connectivity index (χ4v) is 5.68. The lowest BCUT2D eigenvalue weighted by atomic mass is 10.1. The number of aliphatic hydroxyl groups is 1. The van der Waals surface area contributed by atoms with E-state index in [1.54, 1.807) is 14.1 Å². The minimum absolute atomic E-state index is 0.0809. The number of rotatable bonds is 4. The number of amides is 1. The summed E-state index contributed by atoms with van der Waals surface area (Å²) in [5.41, 5.74) is 1.76. The van der Waals surface area contributed by atoms with Crippen molar-refractivity contribution in [1.82, 2.24) is 19.6 Å². The van der Waals surface area contributed by atoms with Gasteiger partial charge in [0.2, 0.25) is 5.91 Å². The van der Waals surface area contributed by atoms with Crippen molar-refractivity contribution in [1.29, 1.82) is 0 Å². The lowest BCUT2D eigenvalue weighted by molar-refractivity contribution is -0.130. The van der Waals surface area contributed by atoms with E-state index in [-0.39, 0.29) is 12.3 Å². The van der Waals surface area contributed by atoms with Gasteiger partial charge in [-0.3, -0.25) is 14.4 Å². The molecule has 0 radical (unpaired) electrons. The van der Waals surface area contributed by atoms with Crippen LogP contribution in [0.15, 0.2) is 6.07 Å². The number of hydrogen-bond donors (Lipinski definition) is 1. The van der Waals surface area contributed by atoms with Crippen molar-refractivity contribution in [3.63, 3.8) is 0 Å². The molecule has 2 aliphatic rings. The van der Waals surface area contributed by atoms with E-state index < -0.39 is 6.10 Å². The molecule has 6 nitrogen and oxygen atoms in total. The Morgan fingerprint density at radius 1 is 1.38 bits per heavy atom. The zero-order valence-electron chi connectivity index (χ0n) is 14.3. The largest absolute Gasteiger partial charge is 0.386 e. The third-order valence-electron chi connectivity index (χ3n) is 4.56. The highest BCUT2D eigenvalue weighted by Gasteiger charge is 2.27. The van der Waals surface area contributed by atoms with Gasteiger partial charge in [0, 0.05) is 56.2 Å². The smallest absolute Gasteiger partial charge is 0.225 e. The topological polar surface area (TPSA) is 61.6 Å². The average molecular weight is 371 g/mol. The molecule has 0 aromatic carbocycles. The molecule has 1 amide bonds. The van der Waals surface area contributed by atoms with Crippen LogP contribution in [0.2, 0.25) is 0 Å². The number of aliphatic hydroxyl groups excluding tert-OH is 1. The molecule has 8 heteroatoms. The third-order valence-corrected chi connectivity index (χ3v) is 7.05. The van der Waals surface area contributed by atoms with Crippen molar-refractivity contribution in [2.45, 2.75) is 31.7 Å². The Labute approximate surface area is 151 Å². The molecule has 0 bridgehead atoms. The number of nitrogens with zero attached hydrogens (tertiary/aromatic N) is 4. The molecule has 1 saturated heterocycles. The van der Waals surface area contributed by atoms with Gasteiger partial charge in [-0.05, 0) is 6.07 Å². The molecule has 134 valence electrons. The van der Waals surface area contributed by atoms with Gasteiger partial charge in [0.15, 0.2) is 0 Å². The summed E-state index contributed by atoms with van der Waals surface area (Å²) in [6, 6.07) is 2.59. The minimum atomic E-state index is -0.824. The van der Waals surface area contributed by atoms with Crippen LogP contribution in [-0.2, 0) is 17.9 Å². The zero-order chi connectivity index (χ0) is 17.1. The summed E-state index contributed by atoms with van der Waals surface area (Å²) in [6.07, 6.45) is -0.737. The molecule has 2 aliphatic heterocycles. The number of aromatic nitrogens is 2. The Hall–Kier alpha value is -0.700. The summed E-state index contributed by atoms with van der Waals surface area (Å²) in [6.45, 7) is 2.75. The molecule has 1 N–H and O–H groups in total. The standard InChI is InChI=1S/C16H26N4O2S2/c1-18(2)16(22)8-15(21)14-7-12-9-19(3-4-20(12)17-14)13-10-23-5-6-24-11-13/h7,13,15,21H,3-6,8-11H2,1-2H3/t15-/m0/s1. The predicted octanol–water partition coefficient (Wildman–Crippen LogP) is 1.06. The number of thioether (sulfide) groups is 2. The molecule has 1 aromatic rings. The van der Waals surface area contributed by atoms with Crippen LogP contribution < -0.4 is 0 Å². The van der Waals surface area contributed by atoms with Gasteiger partial charge >= 0.3 is 0 Å². The second-order valence-corrected chi connectivity index (χ2v) is 8.87. The summed E-state index contributed by atoms with van der Waals surface area (Å²) >= 11 is 4.10. The van der Waals surface area contributed by atoms with Crippen LogP contribution in [0, 0.1) is 0 Å². The molecule has 1 atom stereocenters. The molecule has 3 rings (SSSR count). The monoisotopic (exact) mass is 370 g/mol. The highest BCUT2D eigenvalue weighted by atomic mass is 32.2. The molecular formula is C16H26N4O2S2. The highest BCUT2D eigenvalue weighted by molar-refractivity contribution is 8.03. The summed E-state index contributed by atoms with van der Waals surface area (Å²) < 4.78 is 1.99. The van der Waals surface area contributed by atoms with Crippen molar-refractivity contribution < 1.29 is 9.90 Å². The van der Waals surface area contributed by atoms with Crippen molar-refractivity contribution >= 4 is 29.4 Å². The Kier molecular flexibility index (Phi) is 6.12. The zero-order valence-corrected chi connectivity index (χ0v) is 16.0. The van der Waals surface area contributed by atoms with Crippen molar-refractivity contribution in [3.8, 4) is 0 Å². The normalized spacial score (nSPS) is 21.1. The van der Waals surface area contributed by atoms with Gasteiger partial charge in [0.25, 0.3) is 0 Å². The number of carbonyl (C=O) groups excluding carboxylic acids is 1. The van der Waals surface area contributed by atoms with Gasteiger partial charge in [-0.25, -0.2) is 0 Å². The molecule has 0 aliphatic carbocycles. The maximum Gasteiger partial charge on any atom is 0.225 e. The van der Waals surface area contributed by atoms with Crippen LogP contribution in [0.1, 0.15) is 23.9 Å². The fraction of sp³-hybridized carbons (Fsp3) is 0.750. The van der Waals surface area contributed by atoms with E-state index in [0.717, 1.165) is 25.3 Å². The molecule has 1 aromatic heterocycles. The van der Waals surface area contributed by atoms with E-state index in [1.165, 1.54) is 27.9 Å². The quantitative estimate of drug-likeness (QED) is 0.855. The number of hydrogen-bond acceptors (Lipinski definition) is 6. The van der Waals surface area contributed by atoms with E-state index in [2.05, 4.69) is 33.5 Å². The minimum Gasteiger partial charge on any atom is -0.386 e. The first kappa shape index (κ1) is 18.1. The van der Waals surface area contributed by atoms with Crippen LogP contribution in [0.4, 0.5) is 0 Å². The third kappa shape index (κ3) is 4.28. The molecule has 24 heavy (non-hydrogen) atoms. The second-order valence-electron chi connectivity index (χ2n) is 6.57. The Bertz CT molecular complexity index is 570. The van der Waals surface area contributed by atoms with Crippen LogP contribution in [0.5, 0.6) is 0 Å². The maximum atomic E-state index is 11.8. The summed E-state index contributed by atoms with van der Waals surface area (Å²) in [7, 11) is 3.40. The van der Waals surface area contributed by atoms with Crippen LogP contribution in [0.3, 0.4) is 0 Å². The number of fused-ring (bicyclic) bond motifs is 1. The fourth-order valence-electron chi connectivity index (χ4n) is 3.05.